The highest BCUT2D eigenvalue weighted by atomic mass is 16.6. The van der Waals surface area contributed by atoms with Crippen molar-refractivity contribution in [3.63, 3.8) is 0 Å². The van der Waals surface area contributed by atoms with Gasteiger partial charge in [-0.3, -0.25) is 19.8 Å². The van der Waals surface area contributed by atoms with Crippen LogP contribution in [0, 0.1) is 10.1 Å². The summed E-state index contributed by atoms with van der Waals surface area (Å²) in [5.41, 5.74) is 3.01. The topological polar surface area (TPSA) is 110 Å². The summed E-state index contributed by atoms with van der Waals surface area (Å²) >= 11 is 0. The molecule has 0 bridgehead atoms. The number of rotatable bonds is 5. The number of urea groups is 1. The summed E-state index contributed by atoms with van der Waals surface area (Å²) in [5.74, 6) is -0.405. The van der Waals surface area contributed by atoms with Crippen molar-refractivity contribution in [2.75, 3.05) is 0 Å². The number of imide groups is 1. The first-order valence-electron chi connectivity index (χ1n) is 10.4. The number of nitro groups is 1. The fourth-order valence-corrected chi connectivity index (χ4v) is 4.53. The van der Waals surface area contributed by atoms with Gasteiger partial charge in [-0.15, -0.1) is 0 Å². The van der Waals surface area contributed by atoms with Crippen LogP contribution >= 0.6 is 0 Å². The zero-order valence-electron chi connectivity index (χ0n) is 17.4. The number of nitrogens with one attached hydrogen (secondary N) is 1. The summed E-state index contributed by atoms with van der Waals surface area (Å²) in [6, 6.07) is 15.0. The molecule has 9 nitrogen and oxygen atoms in total. The normalized spacial score (nSPS) is 19.8. The van der Waals surface area contributed by atoms with Crippen molar-refractivity contribution in [2.24, 2.45) is 0 Å². The Morgan fingerprint density at radius 2 is 1.81 bits per heavy atom. The molecule has 1 N–H and O–H groups in total. The van der Waals surface area contributed by atoms with Crippen molar-refractivity contribution in [1.82, 2.24) is 20.0 Å². The van der Waals surface area contributed by atoms with Gasteiger partial charge in [-0.2, -0.15) is 5.10 Å². The third kappa shape index (κ3) is 3.05. The van der Waals surface area contributed by atoms with E-state index in [1.165, 1.54) is 29.2 Å². The zero-order valence-corrected chi connectivity index (χ0v) is 17.4. The molecule has 32 heavy (non-hydrogen) atoms. The van der Waals surface area contributed by atoms with Crippen molar-refractivity contribution in [3.8, 4) is 5.69 Å². The fourth-order valence-electron chi connectivity index (χ4n) is 4.53. The van der Waals surface area contributed by atoms with Crippen LogP contribution in [0.4, 0.5) is 10.5 Å². The smallest absolute Gasteiger partial charge is 0.319 e. The van der Waals surface area contributed by atoms with Crippen molar-refractivity contribution < 1.29 is 14.5 Å². The van der Waals surface area contributed by atoms with E-state index in [9.17, 15) is 19.7 Å². The largest absolute Gasteiger partial charge is 0.325 e. The van der Waals surface area contributed by atoms with Gasteiger partial charge in [-0.05, 0) is 61.6 Å². The number of hydrogen-bond acceptors (Lipinski definition) is 5. The van der Waals surface area contributed by atoms with Gasteiger partial charge in [0.05, 0.1) is 22.8 Å². The van der Waals surface area contributed by atoms with Crippen LogP contribution < -0.4 is 5.32 Å². The minimum Gasteiger partial charge on any atom is -0.319 e. The van der Waals surface area contributed by atoms with Gasteiger partial charge in [-0.1, -0.05) is 18.2 Å². The second kappa shape index (κ2) is 7.30. The molecule has 1 aliphatic carbocycles. The number of para-hydroxylation sites is 1. The van der Waals surface area contributed by atoms with E-state index in [1.54, 1.807) is 6.92 Å². The summed E-state index contributed by atoms with van der Waals surface area (Å²) in [5, 5.41) is 18.4. The lowest BCUT2D eigenvalue weighted by Gasteiger charge is -2.22. The Morgan fingerprint density at radius 1 is 1.09 bits per heavy atom. The van der Waals surface area contributed by atoms with Gasteiger partial charge in [0.1, 0.15) is 5.54 Å². The maximum absolute atomic E-state index is 13.3. The van der Waals surface area contributed by atoms with Crippen LogP contribution in [0.15, 0.2) is 54.6 Å². The number of amides is 3. The molecule has 1 atom stereocenters. The maximum Gasteiger partial charge on any atom is 0.325 e. The van der Waals surface area contributed by atoms with Gasteiger partial charge in [0.15, 0.2) is 0 Å². The summed E-state index contributed by atoms with van der Waals surface area (Å²) in [6.45, 7) is 1.69. The average Bonchev–Trinajstić information content (AvgIpc) is 3.46. The monoisotopic (exact) mass is 431 g/mol. The molecule has 0 saturated carbocycles. The first kappa shape index (κ1) is 19.9. The van der Waals surface area contributed by atoms with Gasteiger partial charge in [0.2, 0.25) is 0 Å². The SMILES string of the molecule is CC1(c2ccc([N+](=O)[O-])cc2)NC(=O)N(Cc2nn(-c3ccccc3)c3c2CCC3)C1=O. The molecule has 1 fully saturated rings. The van der Waals surface area contributed by atoms with E-state index in [2.05, 4.69) is 5.32 Å². The standard InChI is InChI=1S/C23H21N5O4/c1-23(15-10-12-17(13-11-15)28(31)32)21(29)26(22(30)24-23)14-19-18-8-5-9-20(18)27(25-19)16-6-3-2-4-7-16/h2-4,6-7,10-13H,5,8-9,14H2,1H3,(H,24,30). The van der Waals surface area contributed by atoms with Crippen LogP contribution in [0.5, 0.6) is 0 Å². The number of carbonyl (C=O) groups is 2. The van der Waals surface area contributed by atoms with E-state index >= 15 is 0 Å². The van der Waals surface area contributed by atoms with Crippen LogP contribution in [0.2, 0.25) is 0 Å². The van der Waals surface area contributed by atoms with Gasteiger partial charge in [0, 0.05) is 17.8 Å². The molecule has 1 aliphatic heterocycles. The zero-order chi connectivity index (χ0) is 22.5. The summed E-state index contributed by atoms with van der Waals surface area (Å²) in [6.07, 6.45) is 2.77. The molecule has 1 saturated heterocycles. The molecule has 5 rings (SSSR count). The van der Waals surface area contributed by atoms with Crippen LogP contribution in [0.25, 0.3) is 5.69 Å². The molecule has 3 aromatic rings. The Labute approximate surface area is 183 Å². The predicted molar refractivity (Wildman–Crippen MR) is 115 cm³/mol. The van der Waals surface area contributed by atoms with Crippen LogP contribution in [-0.2, 0) is 29.7 Å². The second-order valence-corrected chi connectivity index (χ2v) is 8.22. The Bertz CT molecular complexity index is 1240. The summed E-state index contributed by atoms with van der Waals surface area (Å²) in [7, 11) is 0. The van der Waals surface area contributed by atoms with Gasteiger partial charge in [-0.25, -0.2) is 9.48 Å². The quantitative estimate of drug-likeness (QED) is 0.379. The Balaban J connectivity index is 1.45. The molecule has 2 heterocycles. The first-order chi connectivity index (χ1) is 15.4. The van der Waals surface area contributed by atoms with Crippen molar-refractivity contribution in [3.05, 3.63) is 87.2 Å². The number of nitrogens with zero attached hydrogens (tertiary/aromatic N) is 4. The minimum atomic E-state index is -1.29. The molecule has 2 aliphatic rings. The molecule has 2 aromatic carbocycles. The number of hydrogen-bond donors (Lipinski definition) is 1. The highest BCUT2D eigenvalue weighted by Gasteiger charge is 2.49. The molecule has 162 valence electrons. The van der Waals surface area contributed by atoms with Crippen LogP contribution in [0.1, 0.15) is 35.9 Å². The minimum absolute atomic E-state index is 0.0759. The molecule has 0 radical (unpaired) electrons. The highest BCUT2D eigenvalue weighted by Crippen LogP contribution is 2.33. The number of nitro benzene ring substituents is 1. The molecule has 1 unspecified atom stereocenters. The van der Waals surface area contributed by atoms with E-state index in [0.29, 0.717) is 5.56 Å². The van der Waals surface area contributed by atoms with E-state index in [1.807, 2.05) is 35.0 Å². The molecule has 0 spiro atoms. The lowest BCUT2D eigenvalue weighted by Crippen LogP contribution is -2.40. The molecular formula is C23H21N5O4. The molecular weight excluding hydrogens is 410 g/mol. The van der Waals surface area contributed by atoms with Crippen molar-refractivity contribution in [1.29, 1.82) is 0 Å². The van der Waals surface area contributed by atoms with E-state index in [0.717, 1.165) is 41.9 Å². The molecule has 1 aromatic heterocycles. The van der Waals surface area contributed by atoms with Gasteiger partial charge < -0.3 is 5.32 Å². The number of benzene rings is 2. The average molecular weight is 431 g/mol. The number of non-ortho nitro benzene ring substituents is 1. The Hall–Kier alpha value is -4.01. The second-order valence-electron chi connectivity index (χ2n) is 8.22. The Kier molecular flexibility index (Phi) is 4.54. The van der Waals surface area contributed by atoms with E-state index in [-0.39, 0.29) is 12.2 Å². The van der Waals surface area contributed by atoms with Gasteiger partial charge in [0.25, 0.3) is 11.6 Å². The summed E-state index contributed by atoms with van der Waals surface area (Å²) in [4.78, 5) is 37.7. The highest BCUT2D eigenvalue weighted by molar-refractivity contribution is 6.07. The lowest BCUT2D eigenvalue weighted by molar-refractivity contribution is -0.384. The lowest BCUT2D eigenvalue weighted by atomic mass is 9.92. The first-order valence-corrected chi connectivity index (χ1v) is 10.4. The third-order valence-corrected chi connectivity index (χ3v) is 6.25. The van der Waals surface area contributed by atoms with E-state index < -0.39 is 22.4 Å². The number of fused-ring (bicyclic) bond motifs is 1. The summed E-state index contributed by atoms with van der Waals surface area (Å²) < 4.78 is 1.91. The van der Waals surface area contributed by atoms with Crippen molar-refractivity contribution in [2.45, 2.75) is 38.3 Å². The third-order valence-electron chi connectivity index (χ3n) is 6.25. The Morgan fingerprint density at radius 3 is 2.50 bits per heavy atom. The maximum atomic E-state index is 13.3. The number of aromatic nitrogens is 2. The van der Waals surface area contributed by atoms with Crippen LogP contribution in [0.3, 0.4) is 0 Å². The van der Waals surface area contributed by atoms with Gasteiger partial charge >= 0.3 is 6.03 Å². The molecule has 3 amide bonds. The fraction of sp³-hybridized carbons (Fsp3) is 0.261. The van der Waals surface area contributed by atoms with Crippen LogP contribution in [-0.4, -0.2) is 31.5 Å². The van der Waals surface area contributed by atoms with E-state index in [4.69, 9.17) is 5.10 Å². The number of carbonyl (C=O) groups excluding carboxylic acids is 2. The predicted octanol–water partition coefficient (Wildman–Crippen LogP) is 3.24. The molecule has 9 heteroatoms. The van der Waals surface area contributed by atoms with Crippen molar-refractivity contribution >= 4 is 17.6 Å².